The van der Waals surface area contributed by atoms with Crippen molar-refractivity contribution in [1.29, 1.82) is 5.26 Å². The van der Waals surface area contributed by atoms with Crippen LogP contribution in [-0.4, -0.2) is 31.2 Å². The summed E-state index contributed by atoms with van der Waals surface area (Å²) in [5.41, 5.74) is 0.640. The monoisotopic (exact) mass is 356 g/mol. The Morgan fingerprint density at radius 1 is 1.12 bits per heavy atom. The number of nitriles is 1. The molecule has 0 aliphatic carbocycles. The van der Waals surface area contributed by atoms with Crippen LogP contribution in [0.5, 0.6) is 0 Å². The zero-order valence-corrected chi connectivity index (χ0v) is 13.2. The third-order valence-electron chi connectivity index (χ3n) is 3.74. The first-order valence-corrected chi connectivity index (χ1v) is 7.92. The summed E-state index contributed by atoms with van der Waals surface area (Å²) in [5.74, 6) is -0.476. The summed E-state index contributed by atoms with van der Waals surface area (Å²) in [4.78, 5) is 6.69. The summed E-state index contributed by atoms with van der Waals surface area (Å²) in [6.07, 6.45) is -3.55. The molecule has 1 aliphatic heterocycles. The largest absolute Gasteiger partial charge is 0.427 e. The van der Waals surface area contributed by atoms with Crippen molar-refractivity contribution in [2.45, 2.75) is 6.18 Å². The molecule has 1 saturated heterocycles. The average Bonchev–Trinajstić information content (AvgIpc) is 3.05. The van der Waals surface area contributed by atoms with Gasteiger partial charge in [-0.15, -0.1) is 0 Å². The van der Waals surface area contributed by atoms with Gasteiger partial charge in [0.25, 0.3) is 0 Å². The Balaban J connectivity index is 1.68. The van der Waals surface area contributed by atoms with E-state index in [1.54, 1.807) is 17.0 Å². The predicted molar refractivity (Wildman–Crippen MR) is 82.7 cm³/mol. The predicted octanol–water partition coefficient (Wildman–Crippen LogP) is 3.50. The normalized spacial score (nSPS) is 15.5. The van der Waals surface area contributed by atoms with Crippen molar-refractivity contribution < 1.29 is 17.6 Å². The third-order valence-corrected chi connectivity index (χ3v) is 4.84. The van der Waals surface area contributed by atoms with Gasteiger partial charge < -0.3 is 9.80 Å². The molecule has 0 bridgehead atoms. The molecular weight excluding hydrogens is 344 g/mol. The highest BCUT2D eigenvalue weighted by molar-refractivity contribution is 7.15. The molecule has 9 heteroatoms. The molecule has 126 valence electrons. The lowest BCUT2D eigenvalue weighted by Crippen LogP contribution is -2.46. The van der Waals surface area contributed by atoms with Crippen molar-refractivity contribution in [3.05, 3.63) is 40.7 Å². The Hall–Kier alpha value is -2.34. The molecule has 1 aromatic carbocycles. The Morgan fingerprint density at radius 2 is 1.79 bits per heavy atom. The molecule has 2 heterocycles. The molecule has 24 heavy (non-hydrogen) atoms. The maximum absolute atomic E-state index is 14.0. The van der Waals surface area contributed by atoms with Crippen LogP contribution in [0, 0.1) is 17.1 Å². The second-order valence-electron chi connectivity index (χ2n) is 5.26. The number of benzene rings is 1. The fraction of sp³-hybridized carbons (Fsp3) is 0.333. The lowest BCUT2D eigenvalue weighted by atomic mass is 10.2. The van der Waals surface area contributed by atoms with E-state index in [-0.39, 0.29) is 5.56 Å². The number of hydrogen-bond donors (Lipinski definition) is 0. The van der Waals surface area contributed by atoms with Crippen LogP contribution in [0.25, 0.3) is 0 Å². The van der Waals surface area contributed by atoms with Crippen molar-refractivity contribution in [2.75, 3.05) is 36.0 Å². The molecule has 4 nitrogen and oxygen atoms in total. The van der Waals surface area contributed by atoms with Crippen molar-refractivity contribution in [2.24, 2.45) is 0 Å². The van der Waals surface area contributed by atoms with Gasteiger partial charge in [-0.1, -0.05) is 11.3 Å². The lowest BCUT2D eigenvalue weighted by Gasteiger charge is -2.36. The minimum atomic E-state index is -4.39. The number of hydrogen-bond acceptors (Lipinski definition) is 5. The van der Waals surface area contributed by atoms with Gasteiger partial charge in [0.05, 0.1) is 23.5 Å². The Labute approximate surface area is 139 Å². The fourth-order valence-corrected chi connectivity index (χ4v) is 3.35. The summed E-state index contributed by atoms with van der Waals surface area (Å²) < 4.78 is 51.9. The van der Waals surface area contributed by atoms with E-state index in [0.717, 1.165) is 6.20 Å². The highest BCUT2D eigenvalue weighted by Gasteiger charge is 2.34. The molecule has 0 unspecified atom stereocenters. The van der Waals surface area contributed by atoms with Gasteiger partial charge in [0.15, 0.2) is 5.13 Å². The van der Waals surface area contributed by atoms with Crippen LogP contribution < -0.4 is 9.80 Å². The van der Waals surface area contributed by atoms with Crippen LogP contribution in [0.15, 0.2) is 24.4 Å². The van der Waals surface area contributed by atoms with Crippen LogP contribution in [0.1, 0.15) is 10.4 Å². The first-order valence-electron chi connectivity index (χ1n) is 7.11. The standard InChI is InChI=1S/C15H12F4N4S/c16-11-7-10(8-20)1-2-12(11)22-3-5-23(6-4-22)14-21-9-13(24-14)15(17,18)19/h1-2,7,9H,3-6H2. The van der Waals surface area contributed by atoms with Gasteiger partial charge in [0.2, 0.25) is 0 Å². The maximum atomic E-state index is 14.0. The molecule has 0 amide bonds. The van der Waals surface area contributed by atoms with Crippen molar-refractivity contribution >= 4 is 22.2 Å². The molecule has 1 aromatic heterocycles. The van der Waals surface area contributed by atoms with Gasteiger partial charge in [-0.25, -0.2) is 9.37 Å². The highest BCUT2D eigenvalue weighted by Crippen LogP contribution is 2.36. The summed E-state index contributed by atoms with van der Waals surface area (Å²) in [5, 5.41) is 9.08. The molecule has 1 fully saturated rings. The summed E-state index contributed by atoms with van der Waals surface area (Å²) in [7, 11) is 0. The average molecular weight is 356 g/mol. The van der Waals surface area contributed by atoms with Crippen molar-refractivity contribution in [3.63, 3.8) is 0 Å². The van der Waals surface area contributed by atoms with E-state index in [1.165, 1.54) is 6.07 Å². The second-order valence-corrected chi connectivity index (χ2v) is 6.27. The molecule has 0 atom stereocenters. The Morgan fingerprint density at radius 3 is 2.33 bits per heavy atom. The number of anilines is 2. The van der Waals surface area contributed by atoms with Gasteiger partial charge in [-0.05, 0) is 18.2 Å². The lowest BCUT2D eigenvalue weighted by molar-refractivity contribution is -0.134. The maximum Gasteiger partial charge on any atom is 0.427 e. The first-order chi connectivity index (χ1) is 11.4. The highest BCUT2D eigenvalue weighted by atomic mass is 32.1. The van der Waals surface area contributed by atoms with E-state index in [2.05, 4.69) is 4.98 Å². The van der Waals surface area contributed by atoms with Gasteiger partial charge >= 0.3 is 6.18 Å². The zero-order valence-electron chi connectivity index (χ0n) is 12.3. The van der Waals surface area contributed by atoms with Crippen LogP contribution in [0.2, 0.25) is 0 Å². The number of alkyl halides is 3. The number of nitrogens with zero attached hydrogens (tertiary/aromatic N) is 4. The van der Waals surface area contributed by atoms with Gasteiger partial charge in [0.1, 0.15) is 10.7 Å². The Bertz CT molecular complexity index is 773. The molecular formula is C15H12F4N4S. The van der Waals surface area contributed by atoms with Crippen molar-refractivity contribution in [1.82, 2.24) is 4.98 Å². The number of thiazole rings is 1. The van der Waals surface area contributed by atoms with Crippen LogP contribution in [0.3, 0.4) is 0 Å². The van der Waals surface area contributed by atoms with E-state index < -0.39 is 16.9 Å². The molecule has 0 saturated carbocycles. The van der Waals surface area contributed by atoms with Crippen molar-refractivity contribution in [3.8, 4) is 6.07 Å². The minimum Gasteiger partial charge on any atom is -0.366 e. The number of aromatic nitrogens is 1. The van der Waals surface area contributed by atoms with E-state index in [0.29, 0.717) is 48.3 Å². The summed E-state index contributed by atoms with van der Waals surface area (Å²) in [6.45, 7) is 1.82. The molecule has 2 aromatic rings. The summed E-state index contributed by atoms with van der Waals surface area (Å²) >= 11 is 0.613. The SMILES string of the molecule is N#Cc1ccc(N2CCN(c3ncc(C(F)(F)F)s3)CC2)c(F)c1. The van der Waals surface area contributed by atoms with E-state index >= 15 is 0 Å². The number of halogens is 4. The Kier molecular flexibility index (Phi) is 4.32. The second kappa shape index (κ2) is 6.28. The van der Waals surface area contributed by atoms with Crippen LogP contribution >= 0.6 is 11.3 Å². The van der Waals surface area contributed by atoms with E-state index in [4.69, 9.17) is 5.26 Å². The minimum absolute atomic E-state index is 0.248. The fourth-order valence-electron chi connectivity index (χ4n) is 2.51. The number of rotatable bonds is 2. The number of piperazine rings is 1. The van der Waals surface area contributed by atoms with Gasteiger partial charge in [0, 0.05) is 26.2 Å². The van der Waals surface area contributed by atoms with Gasteiger partial charge in [-0.3, -0.25) is 0 Å². The quantitative estimate of drug-likeness (QED) is 0.773. The first kappa shape index (κ1) is 16.5. The topological polar surface area (TPSA) is 43.2 Å². The molecule has 1 aliphatic rings. The molecule has 0 spiro atoms. The van der Waals surface area contributed by atoms with Crippen LogP contribution in [-0.2, 0) is 6.18 Å². The summed E-state index contributed by atoms with van der Waals surface area (Å²) in [6, 6.07) is 6.15. The zero-order chi connectivity index (χ0) is 17.3. The van der Waals surface area contributed by atoms with E-state index in [9.17, 15) is 17.6 Å². The van der Waals surface area contributed by atoms with E-state index in [1.807, 2.05) is 11.0 Å². The smallest absolute Gasteiger partial charge is 0.366 e. The van der Waals surface area contributed by atoms with Crippen LogP contribution in [0.4, 0.5) is 28.4 Å². The molecule has 3 rings (SSSR count). The third kappa shape index (κ3) is 3.28. The van der Waals surface area contributed by atoms with Gasteiger partial charge in [-0.2, -0.15) is 18.4 Å². The molecule has 0 N–H and O–H groups in total. The molecule has 0 radical (unpaired) electrons.